The lowest BCUT2D eigenvalue weighted by atomic mass is 10.4. The lowest BCUT2D eigenvalue weighted by molar-refractivity contribution is -0.142. The molecule has 7 nitrogen and oxygen atoms in total. The molecule has 0 radical (unpaired) electrons. The van der Waals surface area contributed by atoms with Gasteiger partial charge in [-0.05, 0) is 27.2 Å². The van der Waals surface area contributed by atoms with E-state index in [0.717, 1.165) is 13.1 Å². The Morgan fingerprint density at radius 2 is 1.82 bits per heavy atom. The third kappa shape index (κ3) is 6.86. The number of rotatable bonds is 12. The normalized spacial score (nSPS) is 14.6. The molecule has 1 heterocycles. The number of carbonyl (C=O) groups is 1. The Bertz CT molecular complexity index is 348. The van der Waals surface area contributed by atoms with Crippen molar-refractivity contribution in [3.8, 4) is 0 Å². The highest BCUT2D eigenvalue weighted by Gasteiger charge is 2.39. The predicted molar refractivity (Wildman–Crippen MR) is 85.9 cm³/mol. The fraction of sp³-hybridized carbons (Fsp3) is 0.857. The Morgan fingerprint density at radius 3 is 2.32 bits per heavy atom. The number of hydrogen-bond acceptors (Lipinski definition) is 7. The number of nitrogens with one attached hydrogen (secondary N) is 1. The Balaban J connectivity index is 2.30. The highest BCUT2D eigenvalue weighted by atomic mass is 28.4. The zero-order chi connectivity index (χ0) is 16.3. The Kier molecular flexibility index (Phi) is 9.29. The van der Waals surface area contributed by atoms with Gasteiger partial charge in [0.15, 0.2) is 0 Å². The first kappa shape index (κ1) is 19.1. The summed E-state index contributed by atoms with van der Waals surface area (Å²) in [5, 5.41) is 3.05. The van der Waals surface area contributed by atoms with E-state index in [4.69, 9.17) is 18.0 Å². The van der Waals surface area contributed by atoms with Crippen LogP contribution in [0.1, 0.15) is 33.6 Å². The summed E-state index contributed by atoms with van der Waals surface area (Å²) < 4.78 is 22.5. The third-order valence-corrected chi connectivity index (χ3v) is 6.19. The van der Waals surface area contributed by atoms with Crippen LogP contribution in [0.3, 0.4) is 0 Å². The van der Waals surface area contributed by atoms with Gasteiger partial charge in [-0.25, -0.2) is 0 Å². The van der Waals surface area contributed by atoms with Gasteiger partial charge in [0.05, 0.1) is 13.2 Å². The lowest BCUT2D eigenvalue weighted by Crippen LogP contribution is -2.46. The molecule has 0 spiro atoms. The van der Waals surface area contributed by atoms with Crippen molar-refractivity contribution in [3.05, 3.63) is 0 Å². The molecule has 22 heavy (non-hydrogen) atoms. The molecule has 0 saturated carbocycles. The van der Waals surface area contributed by atoms with Gasteiger partial charge < -0.3 is 23.3 Å². The van der Waals surface area contributed by atoms with Gasteiger partial charge in [0, 0.05) is 32.4 Å². The van der Waals surface area contributed by atoms with Crippen LogP contribution in [0.2, 0.25) is 6.04 Å². The highest BCUT2D eigenvalue weighted by molar-refractivity contribution is 6.60. The van der Waals surface area contributed by atoms with Gasteiger partial charge in [-0.3, -0.25) is 9.79 Å². The van der Waals surface area contributed by atoms with Crippen molar-refractivity contribution in [2.24, 2.45) is 4.99 Å². The maximum absolute atomic E-state index is 11.7. The Hall–Kier alpha value is -0.963. The minimum atomic E-state index is -2.63. The number of hydrogen-bond donors (Lipinski definition) is 1. The molecule has 128 valence electrons. The van der Waals surface area contributed by atoms with Crippen LogP contribution in [-0.2, 0) is 22.8 Å². The molecule has 0 aromatic carbocycles. The molecule has 0 aromatic heterocycles. The van der Waals surface area contributed by atoms with Crippen LogP contribution in [-0.4, -0.2) is 60.1 Å². The van der Waals surface area contributed by atoms with Crippen molar-refractivity contribution < 1.29 is 22.8 Å². The van der Waals surface area contributed by atoms with E-state index in [1.54, 1.807) is 0 Å². The molecule has 1 N–H and O–H groups in total. The van der Waals surface area contributed by atoms with E-state index >= 15 is 0 Å². The highest BCUT2D eigenvalue weighted by Crippen LogP contribution is 2.18. The molecular formula is C14H28N2O5Si. The fourth-order valence-corrected chi connectivity index (χ4v) is 4.81. The molecule has 0 atom stereocenters. The minimum absolute atomic E-state index is 0.213. The topological polar surface area (TPSA) is 78.4 Å². The van der Waals surface area contributed by atoms with Gasteiger partial charge >= 0.3 is 14.8 Å². The second kappa shape index (κ2) is 10.7. The van der Waals surface area contributed by atoms with Crippen molar-refractivity contribution in [2.45, 2.75) is 39.7 Å². The van der Waals surface area contributed by atoms with Gasteiger partial charge in [-0.1, -0.05) is 0 Å². The lowest BCUT2D eigenvalue weighted by Gasteiger charge is -2.28. The monoisotopic (exact) mass is 332 g/mol. The molecular weight excluding hydrogens is 304 g/mol. The summed E-state index contributed by atoms with van der Waals surface area (Å²) in [6.45, 7) is 9.31. The van der Waals surface area contributed by atoms with Gasteiger partial charge in [0.25, 0.3) is 0 Å². The SMILES string of the molecule is CCO[Si](CCCOC(=O)CC1=NCCN1)(OCC)OCC. The molecule has 1 aliphatic rings. The first-order chi connectivity index (χ1) is 10.7. The van der Waals surface area contributed by atoms with Crippen LogP contribution in [0.5, 0.6) is 0 Å². The van der Waals surface area contributed by atoms with E-state index < -0.39 is 8.80 Å². The number of nitrogens with zero attached hydrogens (tertiary/aromatic N) is 1. The number of esters is 1. The summed E-state index contributed by atoms with van der Waals surface area (Å²) in [6, 6.07) is 0.648. The van der Waals surface area contributed by atoms with E-state index in [0.29, 0.717) is 44.7 Å². The summed E-state index contributed by atoms with van der Waals surface area (Å²) in [6.07, 6.45) is 0.878. The molecule has 0 aromatic rings. The van der Waals surface area contributed by atoms with Crippen LogP contribution >= 0.6 is 0 Å². The largest absolute Gasteiger partial charge is 0.501 e. The summed E-state index contributed by atoms with van der Waals surface area (Å²) >= 11 is 0. The molecule has 1 rings (SSSR count). The molecule has 1 aliphatic heterocycles. The van der Waals surface area contributed by atoms with Crippen LogP contribution in [0, 0.1) is 0 Å². The fourth-order valence-electron chi connectivity index (χ4n) is 2.23. The van der Waals surface area contributed by atoms with Crippen LogP contribution < -0.4 is 5.32 Å². The van der Waals surface area contributed by atoms with Gasteiger partial charge in [-0.15, -0.1) is 0 Å². The summed E-state index contributed by atoms with van der Waals surface area (Å²) in [5.74, 6) is 0.455. The molecule has 0 saturated heterocycles. The van der Waals surface area contributed by atoms with E-state index in [1.807, 2.05) is 20.8 Å². The molecule has 8 heteroatoms. The van der Waals surface area contributed by atoms with E-state index in [-0.39, 0.29) is 12.4 Å². The van der Waals surface area contributed by atoms with Crippen molar-refractivity contribution in [3.63, 3.8) is 0 Å². The van der Waals surface area contributed by atoms with Crippen molar-refractivity contribution >= 4 is 20.6 Å². The average molecular weight is 332 g/mol. The van der Waals surface area contributed by atoms with Crippen molar-refractivity contribution in [2.75, 3.05) is 39.5 Å². The molecule has 0 fully saturated rings. The Morgan fingerprint density at radius 1 is 1.18 bits per heavy atom. The van der Waals surface area contributed by atoms with Crippen LogP contribution in [0.15, 0.2) is 4.99 Å². The summed E-state index contributed by atoms with van der Waals surface area (Å²) in [5.41, 5.74) is 0. The maximum atomic E-state index is 11.7. The number of ether oxygens (including phenoxy) is 1. The van der Waals surface area contributed by atoms with E-state index in [1.165, 1.54) is 0 Å². The first-order valence-electron chi connectivity index (χ1n) is 8.00. The minimum Gasteiger partial charge on any atom is -0.465 e. The predicted octanol–water partition coefficient (Wildman–Crippen LogP) is 1.36. The number of amidine groups is 1. The van der Waals surface area contributed by atoms with Gasteiger partial charge in [0.1, 0.15) is 12.3 Å². The summed E-state index contributed by atoms with van der Waals surface area (Å²) in [4.78, 5) is 15.8. The van der Waals surface area contributed by atoms with Crippen LogP contribution in [0.25, 0.3) is 0 Å². The average Bonchev–Trinajstić information content (AvgIpc) is 2.97. The quantitative estimate of drug-likeness (QED) is 0.330. The standard InChI is InChI=1S/C14H28N2O5Si/c1-4-19-22(20-5-2,21-6-3)11-7-10-18-14(17)12-13-15-8-9-16-13/h4-12H2,1-3H3,(H,15,16). The van der Waals surface area contributed by atoms with Gasteiger partial charge in [0.2, 0.25) is 0 Å². The second-order valence-electron chi connectivity index (χ2n) is 4.74. The Labute approximate surface area is 133 Å². The second-order valence-corrected chi connectivity index (χ2v) is 7.47. The molecule has 0 aliphatic carbocycles. The van der Waals surface area contributed by atoms with Crippen molar-refractivity contribution in [1.29, 1.82) is 0 Å². The van der Waals surface area contributed by atoms with E-state index in [2.05, 4.69) is 10.3 Å². The first-order valence-corrected chi connectivity index (χ1v) is 9.93. The van der Waals surface area contributed by atoms with Crippen LogP contribution in [0.4, 0.5) is 0 Å². The zero-order valence-corrected chi connectivity index (χ0v) is 14.9. The smallest absolute Gasteiger partial charge is 0.465 e. The molecule has 0 bridgehead atoms. The number of carbonyl (C=O) groups excluding carboxylic acids is 1. The third-order valence-electron chi connectivity index (χ3n) is 3.04. The molecule has 0 amide bonds. The van der Waals surface area contributed by atoms with Gasteiger partial charge in [-0.2, -0.15) is 0 Å². The number of aliphatic imine (C=N–C) groups is 1. The molecule has 0 unspecified atom stereocenters. The summed E-state index contributed by atoms with van der Waals surface area (Å²) in [7, 11) is -2.63. The maximum Gasteiger partial charge on any atom is 0.501 e. The zero-order valence-electron chi connectivity index (χ0n) is 13.9. The van der Waals surface area contributed by atoms with Crippen molar-refractivity contribution in [1.82, 2.24) is 5.32 Å². The van der Waals surface area contributed by atoms with E-state index in [9.17, 15) is 4.79 Å².